The zero-order valence-electron chi connectivity index (χ0n) is 10.7. The predicted octanol–water partition coefficient (Wildman–Crippen LogP) is 0.709. The topological polar surface area (TPSA) is 62.3 Å². The summed E-state index contributed by atoms with van der Waals surface area (Å²) < 4.78 is 0. The summed E-state index contributed by atoms with van der Waals surface area (Å²) in [7, 11) is 0. The molecule has 5 nitrogen and oxygen atoms in total. The second kappa shape index (κ2) is 4.99. The summed E-state index contributed by atoms with van der Waals surface area (Å²) in [6.07, 6.45) is 5.94. The number of aromatic nitrogens is 1. The van der Waals surface area contributed by atoms with Crippen molar-refractivity contribution in [3.05, 3.63) is 30.1 Å². The molecule has 1 saturated heterocycles. The van der Waals surface area contributed by atoms with Gasteiger partial charge >= 0.3 is 0 Å². The molecule has 19 heavy (non-hydrogen) atoms. The van der Waals surface area contributed by atoms with Crippen molar-refractivity contribution in [2.24, 2.45) is 5.92 Å². The molecular weight excluding hydrogens is 242 g/mol. The number of nitrogens with one attached hydrogen (secondary N) is 1. The van der Waals surface area contributed by atoms with Gasteiger partial charge in [0.2, 0.25) is 11.8 Å². The van der Waals surface area contributed by atoms with Crippen molar-refractivity contribution in [2.75, 3.05) is 6.54 Å². The Kier molecular flexibility index (Phi) is 3.19. The van der Waals surface area contributed by atoms with Crippen LogP contribution in [0, 0.1) is 5.92 Å². The number of carbonyl (C=O) groups excluding carboxylic acids is 2. The Labute approximate surface area is 112 Å². The molecule has 2 aliphatic rings. The van der Waals surface area contributed by atoms with Gasteiger partial charge in [0, 0.05) is 31.9 Å². The Balaban J connectivity index is 1.75. The molecule has 1 unspecified atom stereocenters. The van der Waals surface area contributed by atoms with E-state index in [1.54, 1.807) is 17.3 Å². The van der Waals surface area contributed by atoms with Crippen LogP contribution in [0.15, 0.2) is 24.5 Å². The van der Waals surface area contributed by atoms with E-state index >= 15 is 0 Å². The Morgan fingerprint density at radius 2 is 2.21 bits per heavy atom. The molecule has 5 heteroatoms. The van der Waals surface area contributed by atoms with Gasteiger partial charge in [-0.05, 0) is 30.4 Å². The Hall–Kier alpha value is -1.91. The van der Waals surface area contributed by atoms with Gasteiger partial charge in [-0.2, -0.15) is 0 Å². The first kappa shape index (κ1) is 12.1. The van der Waals surface area contributed by atoms with E-state index in [1.807, 2.05) is 12.1 Å². The van der Waals surface area contributed by atoms with Crippen LogP contribution in [0.1, 0.15) is 24.8 Å². The summed E-state index contributed by atoms with van der Waals surface area (Å²) in [5.74, 6) is 0.377. The molecule has 1 saturated carbocycles. The minimum Gasteiger partial charge on any atom is -0.344 e. The number of carbonyl (C=O) groups is 2. The van der Waals surface area contributed by atoms with Gasteiger partial charge in [0.15, 0.2) is 0 Å². The van der Waals surface area contributed by atoms with E-state index in [-0.39, 0.29) is 17.9 Å². The van der Waals surface area contributed by atoms with Crippen molar-refractivity contribution >= 4 is 11.8 Å². The summed E-state index contributed by atoms with van der Waals surface area (Å²) in [5, 5.41) is 2.86. The Morgan fingerprint density at radius 1 is 1.37 bits per heavy atom. The lowest BCUT2D eigenvalue weighted by molar-refractivity contribution is -0.134. The minimum atomic E-state index is -0.313. The molecule has 0 spiro atoms. The van der Waals surface area contributed by atoms with E-state index in [0.29, 0.717) is 25.4 Å². The maximum Gasteiger partial charge on any atom is 0.245 e. The first-order valence-electron chi connectivity index (χ1n) is 6.71. The summed E-state index contributed by atoms with van der Waals surface area (Å²) >= 11 is 0. The fourth-order valence-electron chi connectivity index (χ4n) is 2.47. The first-order valence-corrected chi connectivity index (χ1v) is 6.71. The highest BCUT2D eigenvalue weighted by atomic mass is 16.2. The largest absolute Gasteiger partial charge is 0.344 e. The van der Waals surface area contributed by atoms with Crippen LogP contribution < -0.4 is 5.32 Å². The highest BCUT2D eigenvalue weighted by molar-refractivity contribution is 5.90. The summed E-state index contributed by atoms with van der Waals surface area (Å²) in [4.78, 5) is 30.0. The number of nitrogens with zero attached hydrogens (tertiary/aromatic N) is 2. The van der Waals surface area contributed by atoms with Crippen molar-refractivity contribution in [1.82, 2.24) is 15.2 Å². The van der Waals surface area contributed by atoms with E-state index in [9.17, 15) is 9.59 Å². The average molecular weight is 259 g/mol. The standard InChI is InChI=1S/C14H17N3O2/c18-12-5-7-17(9-10-2-1-6-15-8-10)14(19)13(16-12)11-3-4-11/h1-2,6,8,11,13H,3-5,7,9H2,(H,16,18). The van der Waals surface area contributed by atoms with Gasteiger partial charge in [-0.15, -0.1) is 0 Å². The van der Waals surface area contributed by atoms with Crippen molar-refractivity contribution in [3.63, 3.8) is 0 Å². The zero-order valence-corrected chi connectivity index (χ0v) is 10.7. The monoisotopic (exact) mass is 259 g/mol. The van der Waals surface area contributed by atoms with Crippen LogP contribution in [-0.2, 0) is 16.1 Å². The van der Waals surface area contributed by atoms with Crippen LogP contribution in [0.4, 0.5) is 0 Å². The molecule has 3 rings (SSSR count). The molecule has 1 aliphatic heterocycles. The molecular formula is C14H17N3O2. The number of hydrogen-bond acceptors (Lipinski definition) is 3. The predicted molar refractivity (Wildman–Crippen MR) is 68.9 cm³/mol. The molecule has 0 bridgehead atoms. The summed E-state index contributed by atoms with van der Waals surface area (Å²) in [6.45, 7) is 1.02. The molecule has 2 heterocycles. The Bertz CT molecular complexity index is 485. The molecule has 2 fully saturated rings. The molecule has 0 aromatic carbocycles. The highest BCUT2D eigenvalue weighted by Crippen LogP contribution is 2.34. The third-order valence-corrected chi connectivity index (χ3v) is 3.69. The zero-order chi connectivity index (χ0) is 13.2. The number of pyridine rings is 1. The second-order valence-electron chi connectivity index (χ2n) is 5.25. The van der Waals surface area contributed by atoms with Crippen molar-refractivity contribution in [2.45, 2.75) is 31.8 Å². The highest BCUT2D eigenvalue weighted by Gasteiger charge is 2.40. The minimum absolute atomic E-state index is 0.0149. The summed E-state index contributed by atoms with van der Waals surface area (Å²) in [5.41, 5.74) is 1.000. The fourth-order valence-corrected chi connectivity index (χ4v) is 2.47. The van der Waals surface area contributed by atoms with Crippen molar-refractivity contribution < 1.29 is 9.59 Å². The van der Waals surface area contributed by atoms with Crippen LogP contribution in [0.3, 0.4) is 0 Å². The van der Waals surface area contributed by atoms with Crippen LogP contribution in [0.5, 0.6) is 0 Å². The molecule has 100 valence electrons. The lowest BCUT2D eigenvalue weighted by Crippen LogP contribution is -2.45. The lowest BCUT2D eigenvalue weighted by Gasteiger charge is -2.23. The molecule has 2 amide bonds. The van der Waals surface area contributed by atoms with E-state index in [0.717, 1.165) is 18.4 Å². The van der Waals surface area contributed by atoms with Crippen molar-refractivity contribution in [1.29, 1.82) is 0 Å². The van der Waals surface area contributed by atoms with Gasteiger partial charge in [-0.3, -0.25) is 14.6 Å². The van der Waals surface area contributed by atoms with Gasteiger partial charge < -0.3 is 10.2 Å². The molecule has 1 aromatic rings. The maximum atomic E-state index is 12.5. The van der Waals surface area contributed by atoms with Gasteiger partial charge in [-0.1, -0.05) is 6.07 Å². The van der Waals surface area contributed by atoms with Crippen molar-refractivity contribution in [3.8, 4) is 0 Å². The smallest absolute Gasteiger partial charge is 0.245 e. The number of hydrogen-bond donors (Lipinski definition) is 1. The van der Waals surface area contributed by atoms with Gasteiger partial charge in [0.05, 0.1) is 0 Å². The van der Waals surface area contributed by atoms with E-state index < -0.39 is 0 Å². The molecule has 1 N–H and O–H groups in total. The third kappa shape index (κ3) is 2.75. The van der Waals surface area contributed by atoms with Gasteiger partial charge in [-0.25, -0.2) is 0 Å². The van der Waals surface area contributed by atoms with Crippen LogP contribution in [-0.4, -0.2) is 34.3 Å². The molecule has 0 radical (unpaired) electrons. The van der Waals surface area contributed by atoms with Crippen LogP contribution >= 0.6 is 0 Å². The van der Waals surface area contributed by atoms with E-state index in [1.165, 1.54) is 0 Å². The van der Waals surface area contributed by atoms with E-state index in [4.69, 9.17) is 0 Å². The van der Waals surface area contributed by atoms with Crippen LogP contribution in [0.2, 0.25) is 0 Å². The second-order valence-corrected chi connectivity index (χ2v) is 5.25. The number of amides is 2. The SMILES string of the molecule is O=C1CCN(Cc2cccnc2)C(=O)C(C2CC2)N1. The fraction of sp³-hybridized carbons (Fsp3) is 0.500. The molecule has 1 aliphatic carbocycles. The summed E-state index contributed by atoms with van der Waals surface area (Å²) in [6, 6.07) is 3.50. The number of rotatable bonds is 3. The van der Waals surface area contributed by atoms with Gasteiger partial charge in [0.25, 0.3) is 0 Å². The van der Waals surface area contributed by atoms with Crippen LogP contribution in [0.25, 0.3) is 0 Å². The average Bonchev–Trinajstić information content (AvgIpc) is 3.25. The lowest BCUT2D eigenvalue weighted by atomic mass is 10.1. The normalized spacial score (nSPS) is 24.0. The Morgan fingerprint density at radius 3 is 2.89 bits per heavy atom. The molecule has 1 aromatic heterocycles. The van der Waals surface area contributed by atoms with Gasteiger partial charge in [0.1, 0.15) is 6.04 Å². The first-order chi connectivity index (χ1) is 9.24. The quantitative estimate of drug-likeness (QED) is 0.869. The molecule has 1 atom stereocenters. The maximum absolute atomic E-state index is 12.5. The van der Waals surface area contributed by atoms with E-state index in [2.05, 4.69) is 10.3 Å². The third-order valence-electron chi connectivity index (χ3n) is 3.69.